The van der Waals surface area contributed by atoms with Gasteiger partial charge in [0.15, 0.2) is 0 Å². The summed E-state index contributed by atoms with van der Waals surface area (Å²) in [5.74, 6) is 0.874. The minimum atomic E-state index is -0.155. The molecular formula is C18H32ClN3O2. The van der Waals surface area contributed by atoms with Gasteiger partial charge in [0.05, 0.1) is 5.92 Å². The van der Waals surface area contributed by atoms with E-state index in [9.17, 15) is 9.59 Å². The van der Waals surface area contributed by atoms with Crippen LogP contribution in [-0.4, -0.2) is 41.4 Å². The standard InChI is InChI=1S/C18H31N3O2.ClH/c1-12-2-8-16(9-3-12)21-11-13(10-17(21)22)18(23)20-15-6-4-14(19)5-7-15;/h12-16H,2-11,19H2,1H3,(H,20,23);1H. The number of rotatable bonds is 3. The Morgan fingerprint density at radius 1 is 1.08 bits per heavy atom. The van der Waals surface area contributed by atoms with Crippen LogP contribution >= 0.6 is 12.4 Å². The van der Waals surface area contributed by atoms with Gasteiger partial charge in [0.2, 0.25) is 11.8 Å². The predicted molar refractivity (Wildman–Crippen MR) is 96.9 cm³/mol. The zero-order valence-electron chi connectivity index (χ0n) is 14.7. The van der Waals surface area contributed by atoms with E-state index < -0.39 is 0 Å². The molecule has 0 aromatic heterocycles. The summed E-state index contributed by atoms with van der Waals surface area (Å²) >= 11 is 0. The lowest BCUT2D eigenvalue weighted by Crippen LogP contribution is -2.44. The summed E-state index contributed by atoms with van der Waals surface area (Å²) in [6, 6.07) is 0.909. The molecule has 6 heteroatoms. The molecule has 3 fully saturated rings. The van der Waals surface area contributed by atoms with Crippen LogP contribution in [0.3, 0.4) is 0 Å². The van der Waals surface area contributed by atoms with Gasteiger partial charge in [-0.2, -0.15) is 0 Å². The van der Waals surface area contributed by atoms with E-state index in [4.69, 9.17) is 5.73 Å². The fourth-order valence-electron chi connectivity index (χ4n) is 4.40. The number of nitrogens with two attached hydrogens (primary N) is 1. The van der Waals surface area contributed by atoms with E-state index in [1.807, 2.05) is 4.90 Å². The number of hydrogen-bond donors (Lipinski definition) is 2. The van der Waals surface area contributed by atoms with E-state index >= 15 is 0 Å². The Labute approximate surface area is 151 Å². The van der Waals surface area contributed by atoms with Gasteiger partial charge in [-0.15, -0.1) is 12.4 Å². The number of amides is 2. The van der Waals surface area contributed by atoms with E-state index in [0.29, 0.717) is 25.0 Å². The van der Waals surface area contributed by atoms with Crippen LogP contribution in [0.2, 0.25) is 0 Å². The van der Waals surface area contributed by atoms with Crippen LogP contribution in [0.1, 0.15) is 64.7 Å². The lowest BCUT2D eigenvalue weighted by atomic mass is 9.86. The first-order chi connectivity index (χ1) is 11.0. The summed E-state index contributed by atoms with van der Waals surface area (Å²) < 4.78 is 0. The molecular weight excluding hydrogens is 326 g/mol. The Hall–Kier alpha value is -0.810. The first-order valence-corrected chi connectivity index (χ1v) is 9.38. The van der Waals surface area contributed by atoms with Crippen LogP contribution in [0.15, 0.2) is 0 Å². The van der Waals surface area contributed by atoms with Crippen LogP contribution in [0.5, 0.6) is 0 Å². The summed E-state index contributed by atoms with van der Waals surface area (Å²) in [4.78, 5) is 26.8. The fourth-order valence-corrected chi connectivity index (χ4v) is 4.40. The minimum absolute atomic E-state index is 0. The van der Waals surface area contributed by atoms with Crippen molar-refractivity contribution in [1.82, 2.24) is 10.2 Å². The number of likely N-dealkylation sites (tertiary alicyclic amines) is 1. The summed E-state index contributed by atoms with van der Waals surface area (Å²) in [5.41, 5.74) is 5.91. The van der Waals surface area contributed by atoms with Crippen LogP contribution in [0.4, 0.5) is 0 Å². The monoisotopic (exact) mass is 357 g/mol. The zero-order valence-corrected chi connectivity index (χ0v) is 15.5. The predicted octanol–water partition coefficient (Wildman–Crippen LogP) is 2.22. The van der Waals surface area contributed by atoms with E-state index in [-0.39, 0.29) is 36.2 Å². The maximum absolute atomic E-state index is 12.5. The summed E-state index contributed by atoms with van der Waals surface area (Å²) in [6.45, 7) is 2.91. The first-order valence-electron chi connectivity index (χ1n) is 9.38. The number of carbonyl (C=O) groups excluding carboxylic acids is 2. The largest absolute Gasteiger partial charge is 0.353 e. The van der Waals surface area contributed by atoms with Gasteiger partial charge in [0, 0.05) is 31.1 Å². The third kappa shape index (κ3) is 4.63. The SMILES string of the molecule is CC1CCC(N2CC(C(=O)NC3CCC(N)CC3)CC2=O)CC1.Cl. The van der Waals surface area contributed by atoms with Crippen molar-refractivity contribution < 1.29 is 9.59 Å². The van der Waals surface area contributed by atoms with Crippen LogP contribution < -0.4 is 11.1 Å². The Morgan fingerprint density at radius 3 is 2.33 bits per heavy atom. The average molecular weight is 358 g/mol. The van der Waals surface area contributed by atoms with Gasteiger partial charge in [0.1, 0.15) is 0 Å². The van der Waals surface area contributed by atoms with Gasteiger partial charge in [-0.1, -0.05) is 6.92 Å². The molecule has 138 valence electrons. The van der Waals surface area contributed by atoms with Crippen molar-refractivity contribution in [1.29, 1.82) is 0 Å². The molecule has 0 aromatic carbocycles. The molecule has 1 heterocycles. The molecule has 3 N–H and O–H groups in total. The Bertz CT molecular complexity index is 444. The lowest BCUT2D eigenvalue weighted by Gasteiger charge is -2.33. The van der Waals surface area contributed by atoms with Crippen molar-refractivity contribution in [2.75, 3.05) is 6.54 Å². The summed E-state index contributed by atoms with van der Waals surface area (Å²) in [7, 11) is 0. The van der Waals surface area contributed by atoms with Crippen LogP contribution in [0.25, 0.3) is 0 Å². The molecule has 2 aliphatic carbocycles. The van der Waals surface area contributed by atoms with Crippen molar-refractivity contribution in [2.24, 2.45) is 17.6 Å². The first kappa shape index (κ1) is 19.5. The molecule has 2 saturated carbocycles. The highest BCUT2D eigenvalue weighted by molar-refractivity contribution is 5.89. The number of carbonyl (C=O) groups is 2. The third-order valence-electron chi connectivity index (χ3n) is 6.07. The van der Waals surface area contributed by atoms with Gasteiger partial charge in [0.25, 0.3) is 0 Å². The average Bonchev–Trinajstić information content (AvgIpc) is 2.92. The molecule has 3 rings (SSSR count). The molecule has 2 amide bonds. The van der Waals surface area contributed by atoms with Crippen molar-refractivity contribution in [2.45, 2.75) is 82.8 Å². The maximum Gasteiger partial charge on any atom is 0.225 e. The molecule has 0 spiro atoms. The van der Waals surface area contributed by atoms with Crippen LogP contribution in [0, 0.1) is 11.8 Å². The Kier molecular flexibility index (Phi) is 6.93. The second kappa shape index (κ2) is 8.52. The molecule has 5 nitrogen and oxygen atoms in total. The molecule has 24 heavy (non-hydrogen) atoms. The van der Waals surface area contributed by atoms with Gasteiger partial charge < -0.3 is 16.0 Å². The summed E-state index contributed by atoms with van der Waals surface area (Å²) in [6.07, 6.45) is 8.91. The van der Waals surface area contributed by atoms with E-state index in [1.165, 1.54) is 12.8 Å². The smallest absolute Gasteiger partial charge is 0.225 e. The molecule has 0 aromatic rings. The fraction of sp³-hybridized carbons (Fsp3) is 0.889. The van der Waals surface area contributed by atoms with Gasteiger partial charge in [-0.05, 0) is 57.3 Å². The van der Waals surface area contributed by atoms with E-state index in [1.54, 1.807) is 0 Å². The Balaban J connectivity index is 0.00000208. The van der Waals surface area contributed by atoms with E-state index in [2.05, 4.69) is 12.2 Å². The van der Waals surface area contributed by atoms with Crippen molar-refractivity contribution >= 4 is 24.2 Å². The third-order valence-corrected chi connectivity index (χ3v) is 6.07. The molecule has 0 bridgehead atoms. The van der Waals surface area contributed by atoms with Gasteiger partial charge >= 0.3 is 0 Å². The molecule has 0 radical (unpaired) electrons. The highest BCUT2D eigenvalue weighted by atomic mass is 35.5. The molecule has 1 unspecified atom stereocenters. The Morgan fingerprint density at radius 2 is 1.71 bits per heavy atom. The van der Waals surface area contributed by atoms with Crippen molar-refractivity contribution in [3.63, 3.8) is 0 Å². The highest BCUT2D eigenvalue weighted by Crippen LogP contribution is 2.31. The van der Waals surface area contributed by atoms with Crippen molar-refractivity contribution in [3.8, 4) is 0 Å². The number of hydrogen-bond acceptors (Lipinski definition) is 3. The minimum Gasteiger partial charge on any atom is -0.353 e. The van der Waals surface area contributed by atoms with Gasteiger partial charge in [-0.3, -0.25) is 9.59 Å². The normalized spacial score (nSPS) is 37.0. The number of nitrogens with one attached hydrogen (secondary N) is 1. The quantitative estimate of drug-likeness (QED) is 0.813. The molecule has 1 atom stereocenters. The molecule has 1 saturated heterocycles. The zero-order chi connectivity index (χ0) is 16.4. The topological polar surface area (TPSA) is 75.4 Å². The number of halogens is 1. The van der Waals surface area contributed by atoms with Crippen LogP contribution in [-0.2, 0) is 9.59 Å². The maximum atomic E-state index is 12.5. The molecule has 3 aliphatic rings. The van der Waals surface area contributed by atoms with Gasteiger partial charge in [-0.25, -0.2) is 0 Å². The number of nitrogens with zero attached hydrogens (tertiary/aromatic N) is 1. The summed E-state index contributed by atoms with van der Waals surface area (Å²) in [5, 5.41) is 3.16. The van der Waals surface area contributed by atoms with E-state index in [0.717, 1.165) is 44.4 Å². The molecule has 1 aliphatic heterocycles. The highest BCUT2D eigenvalue weighted by Gasteiger charge is 2.39. The lowest BCUT2D eigenvalue weighted by molar-refractivity contribution is -0.131. The van der Waals surface area contributed by atoms with Crippen molar-refractivity contribution in [3.05, 3.63) is 0 Å². The second-order valence-corrected chi connectivity index (χ2v) is 7.98. The second-order valence-electron chi connectivity index (χ2n) is 7.98.